The Morgan fingerprint density at radius 1 is 1.50 bits per heavy atom. The number of hydrogen-bond acceptors (Lipinski definition) is 3. The molecule has 1 atom stereocenters. The normalized spacial score (nSPS) is 20.4. The average Bonchev–Trinajstić information content (AvgIpc) is 2.83. The maximum atomic E-state index is 13.0. The summed E-state index contributed by atoms with van der Waals surface area (Å²) >= 11 is 3.09. The lowest BCUT2D eigenvalue weighted by Crippen LogP contribution is -2.40. The zero-order valence-electron chi connectivity index (χ0n) is 11.3. The minimum Gasteiger partial charge on any atom is -0.299 e. The van der Waals surface area contributed by atoms with E-state index in [0.29, 0.717) is 6.54 Å². The van der Waals surface area contributed by atoms with Crippen LogP contribution in [0.1, 0.15) is 19.8 Å². The molecule has 20 heavy (non-hydrogen) atoms. The van der Waals surface area contributed by atoms with Crippen molar-refractivity contribution in [2.24, 2.45) is 0 Å². The number of nitrogens with one attached hydrogen (secondary N) is 1. The molecule has 1 N–H and O–H groups in total. The molecule has 0 amide bonds. The molecule has 0 bridgehead atoms. The Hall–Kier alpha value is -0.500. The molecule has 0 radical (unpaired) electrons. The van der Waals surface area contributed by atoms with Crippen LogP contribution in [0.5, 0.6) is 0 Å². The summed E-state index contributed by atoms with van der Waals surface area (Å²) in [6.45, 7) is 4.40. The molecule has 1 aromatic carbocycles. The van der Waals surface area contributed by atoms with Gasteiger partial charge in [-0.05, 0) is 60.1 Å². The third-order valence-corrected chi connectivity index (χ3v) is 6.00. The molecular formula is C13H18BrFN2O2S. The first-order valence-electron chi connectivity index (χ1n) is 6.63. The Morgan fingerprint density at radius 3 is 2.90 bits per heavy atom. The molecule has 0 spiro atoms. The van der Waals surface area contributed by atoms with Crippen LogP contribution in [0.3, 0.4) is 0 Å². The Morgan fingerprint density at radius 2 is 2.25 bits per heavy atom. The molecule has 1 aromatic rings. The quantitative estimate of drug-likeness (QED) is 0.872. The van der Waals surface area contributed by atoms with Crippen LogP contribution in [-0.2, 0) is 10.0 Å². The fraction of sp³-hybridized carbons (Fsp3) is 0.538. The maximum absolute atomic E-state index is 13.0. The smallest absolute Gasteiger partial charge is 0.241 e. The Labute approximate surface area is 127 Å². The van der Waals surface area contributed by atoms with Crippen molar-refractivity contribution in [1.29, 1.82) is 0 Å². The highest BCUT2D eigenvalue weighted by atomic mass is 79.9. The van der Waals surface area contributed by atoms with Gasteiger partial charge in [0.25, 0.3) is 0 Å². The molecule has 1 heterocycles. The first-order chi connectivity index (χ1) is 9.44. The number of benzene rings is 1. The van der Waals surface area contributed by atoms with Crippen molar-refractivity contribution >= 4 is 26.0 Å². The largest absolute Gasteiger partial charge is 0.299 e. The maximum Gasteiger partial charge on any atom is 0.241 e. The van der Waals surface area contributed by atoms with E-state index in [1.165, 1.54) is 6.07 Å². The summed E-state index contributed by atoms with van der Waals surface area (Å²) in [7, 11) is -3.62. The second-order valence-corrected chi connectivity index (χ2v) is 7.44. The van der Waals surface area contributed by atoms with E-state index < -0.39 is 15.8 Å². The highest BCUT2D eigenvalue weighted by Crippen LogP contribution is 2.23. The van der Waals surface area contributed by atoms with Gasteiger partial charge >= 0.3 is 0 Å². The minimum absolute atomic E-state index is 0.0694. The van der Waals surface area contributed by atoms with E-state index in [1.807, 2.05) is 0 Å². The molecule has 0 aromatic heterocycles. The zero-order chi connectivity index (χ0) is 14.8. The summed E-state index contributed by atoms with van der Waals surface area (Å²) in [6.07, 6.45) is 2.10. The van der Waals surface area contributed by atoms with Gasteiger partial charge in [-0.25, -0.2) is 17.5 Å². The molecule has 4 nitrogen and oxygen atoms in total. The third-order valence-electron chi connectivity index (χ3n) is 3.60. The lowest BCUT2D eigenvalue weighted by Gasteiger charge is -2.23. The fourth-order valence-corrected chi connectivity index (χ4v) is 4.64. The van der Waals surface area contributed by atoms with Crippen molar-refractivity contribution in [2.75, 3.05) is 19.6 Å². The van der Waals surface area contributed by atoms with Crippen LogP contribution in [-0.4, -0.2) is 39.0 Å². The molecule has 112 valence electrons. The van der Waals surface area contributed by atoms with Gasteiger partial charge in [0.05, 0.1) is 4.90 Å². The van der Waals surface area contributed by atoms with Crippen LogP contribution in [0.2, 0.25) is 0 Å². The van der Waals surface area contributed by atoms with Crippen molar-refractivity contribution in [2.45, 2.75) is 30.7 Å². The lowest BCUT2D eigenvalue weighted by molar-refractivity contribution is 0.268. The van der Waals surface area contributed by atoms with Gasteiger partial charge < -0.3 is 0 Å². The van der Waals surface area contributed by atoms with Gasteiger partial charge in [-0.3, -0.25) is 4.90 Å². The number of likely N-dealkylation sites (tertiary alicyclic amines) is 1. The molecule has 7 heteroatoms. The van der Waals surface area contributed by atoms with E-state index in [1.54, 1.807) is 0 Å². The van der Waals surface area contributed by atoms with E-state index in [0.717, 1.165) is 38.1 Å². The van der Waals surface area contributed by atoms with Gasteiger partial charge in [-0.15, -0.1) is 0 Å². The van der Waals surface area contributed by atoms with Crippen LogP contribution in [0, 0.1) is 5.82 Å². The van der Waals surface area contributed by atoms with Gasteiger partial charge in [0.15, 0.2) is 0 Å². The second kappa shape index (κ2) is 6.51. The molecule has 1 aliphatic heterocycles. The first kappa shape index (κ1) is 15.9. The van der Waals surface area contributed by atoms with Crippen molar-refractivity contribution in [3.05, 3.63) is 28.5 Å². The van der Waals surface area contributed by atoms with E-state index >= 15 is 0 Å². The lowest BCUT2D eigenvalue weighted by atomic mass is 10.2. The molecule has 0 aliphatic carbocycles. The topological polar surface area (TPSA) is 49.4 Å². The average molecular weight is 365 g/mol. The zero-order valence-corrected chi connectivity index (χ0v) is 13.7. The van der Waals surface area contributed by atoms with Crippen LogP contribution in [0.15, 0.2) is 27.6 Å². The van der Waals surface area contributed by atoms with Crippen molar-refractivity contribution in [1.82, 2.24) is 9.62 Å². The fourth-order valence-electron chi connectivity index (χ4n) is 2.52. The summed E-state index contributed by atoms with van der Waals surface area (Å²) in [5.41, 5.74) is 0. The van der Waals surface area contributed by atoms with Gasteiger partial charge in [0.1, 0.15) is 5.82 Å². The summed E-state index contributed by atoms with van der Waals surface area (Å²) in [6, 6.07) is 3.82. The van der Waals surface area contributed by atoms with Gasteiger partial charge in [-0.2, -0.15) is 0 Å². The standard InChI is InChI=1S/C13H18BrFN2O2S/c1-2-17-7-3-4-11(17)9-16-20(18,19)13-6-5-10(15)8-12(13)14/h5-6,8,11,16H,2-4,7,9H2,1H3. The van der Waals surface area contributed by atoms with E-state index in [9.17, 15) is 12.8 Å². The SMILES string of the molecule is CCN1CCCC1CNS(=O)(=O)c1ccc(F)cc1Br. The summed E-state index contributed by atoms with van der Waals surface area (Å²) < 4.78 is 40.3. The van der Waals surface area contributed by atoms with Gasteiger partial charge in [0, 0.05) is 17.1 Å². The predicted molar refractivity (Wildman–Crippen MR) is 79.6 cm³/mol. The van der Waals surface area contributed by atoms with Crippen molar-refractivity contribution in [3.8, 4) is 0 Å². The molecule has 0 saturated carbocycles. The van der Waals surface area contributed by atoms with Crippen LogP contribution < -0.4 is 4.72 Å². The van der Waals surface area contributed by atoms with Gasteiger partial charge in [-0.1, -0.05) is 6.92 Å². The minimum atomic E-state index is -3.62. The van der Waals surface area contributed by atoms with E-state index in [4.69, 9.17) is 0 Å². The van der Waals surface area contributed by atoms with E-state index in [-0.39, 0.29) is 15.4 Å². The predicted octanol–water partition coefficient (Wildman–Crippen LogP) is 2.35. The number of likely N-dealkylation sites (N-methyl/N-ethyl adjacent to an activating group) is 1. The monoisotopic (exact) mass is 364 g/mol. The Balaban J connectivity index is 2.07. The molecule has 1 fully saturated rings. The first-order valence-corrected chi connectivity index (χ1v) is 8.90. The van der Waals surface area contributed by atoms with E-state index in [2.05, 4.69) is 32.5 Å². The third kappa shape index (κ3) is 3.58. The highest BCUT2D eigenvalue weighted by molar-refractivity contribution is 9.10. The van der Waals surface area contributed by atoms with Crippen LogP contribution in [0.25, 0.3) is 0 Å². The van der Waals surface area contributed by atoms with Crippen molar-refractivity contribution in [3.63, 3.8) is 0 Å². The van der Waals surface area contributed by atoms with Crippen LogP contribution >= 0.6 is 15.9 Å². The van der Waals surface area contributed by atoms with Gasteiger partial charge in [0.2, 0.25) is 10.0 Å². The Bertz CT molecular complexity index is 580. The molecule has 2 rings (SSSR count). The molecular weight excluding hydrogens is 347 g/mol. The Kier molecular flexibility index (Phi) is 5.17. The highest BCUT2D eigenvalue weighted by Gasteiger charge is 2.25. The molecule has 1 unspecified atom stereocenters. The second-order valence-electron chi connectivity index (χ2n) is 4.85. The number of halogens is 2. The molecule has 1 saturated heterocycles. The number of rotatable bonds is 5. The van der Waals surface area contributed by atoms with Crippen molar-refractivity contribution < 1.29 is 12.8 Å². The number of hydrogen-bond donors (Lipinski definition) is 1. The number of nitrogens with zero attached hydrogens (tertiary/aromatic N) is 1. The van der Waals surface area contributed by atoms with Crippen LogP contribution in [0.4, 0.5) is 4.39 Å². The molecule has 1 aliphatic rings. The number of sulfonamides is 1. The summed E-state index contributed by atoms with van der Waals surface area (Å²) in [5.74, 6) is -0.469. The summed E-state index contributed by atoms with van der Waals surface area (Å²) in [5, 5.41) is 0. The summed E-state index contributed by atoms with van der Waals surface area (Å²) in [4.78, 5) is 2.34.